The molecule has 9 heteroatoms. The van der Waals surface area contributed by atoms with Gasteiger partial charge in [0.1, 0.15) is 4.90 Å². The molecule has 33 heavy (non-hydrogen) atoms. The zero-order chi connectivity index (χ0) is 24.0. The number of likely N-dealkylation sites (tertiary alicyclic amines) is 1. The minimum atomic E-state index is -3.91. The van der Waals surface area contributed by atoms with Crippen LogP contribution in [0.1, 0.15) is 19.8 Å². The molecule has 1 N–H and O–H groups in total. The quantitative estimate of drug-likeness (QED) is 0.574. The molecule has 2 aromatic rings. The number of carbonyl (C=O) groups excluding carboxylic acids is 2. The van der Waals surface area contributed by atoms with Gasteiger partial charge in [-0.1, -0.05) is 30.3 Å². The van der Waals surface area contributed by atoms with Gasteiger partial charge in [0, 0.05) is 26.1 Å². The lowest BCUT2D eigenvalue weighted by molar-refractivity contribution is -0.128. The van der Waals surface area contributed by atoms with Crippen LogP contribution in [-0.4, -0.2) is 70.3 Å². The molecule has 1 saturated heterocycles. The van der Waals surface area contributed by atoms with Crippen molar-refractivity contribution in [2.24, 2.45) is 5.92 Å². The summed E-state index contributed by atoms with van der Waals surface area (Å²) in [4.78, 5) is 29.1. The largest absolute Gasteiger partial charge is 0.342 e. The number of carbonyl (C=O) groups is 2. The second-order valence-corrected chi connectivity index (χ2v) is 10.2. The standard InChI is InChI=1S/C24H32N4O4S/c1-4-28(20-11-6-5-7-12-20)33(31,32)22-14-9-8-13-21(22)25-24(30)19-17-23(29)27(18-19)16-10-15-26(2)3/h5-9,11-14,19H,4,10,15-18H2,1-3H3,(H,25,30). The molecule has 0 saturated carbocycles. The Bertz CT molecular complexity index is 1070. The van der Waals surface area contributed by atoms with Crippen molar-refractivity contribution in [3.63, 3.8) is 0 Å². The van der Waals surface area contributed by atoms with E-state index in [4.69, 9.17) is 0 Å². The molecule has 0 bridgehead atoms. The van der Waals surface area contributed by atoms with E-state index in [0.29, 0.717) is 18.8 Å². The fourth-order valence-electron chi connectivity index (χ4n) is 3.98. The number of para-hydroxylation sites is 2. The molecular formula is C24H32N4O4S. The van der Waals surface area contributed by atoms with Gasteiger partial charge in [-0.2, -0.15) is 0 Å². The molecule has 1 unspecified atom stereocenters. The molecule has 0 radical (unpaired) electrons. The van der Waals surface area contributed by atoms with E-state index in [1.807, 2.05) is 20.2 Å². The Kier molecular flexibility index (Phi) is 8.10. The van der Waals surface area contributed by atoms with Gasteiger partial charge in [-0.05, 0) is 58.3 Å². The van der Waals surface area contributed by atoms with Crippen LogP contribution in [0, 0.1) is 5.92 Å². The number of hydrogen-bond donors (Lipinski definition) is 1. The molecule has 2 aromatic carbocycles. The van der Waals surface area contributed by atoms with E-state index in [1.165, 1.54) is 10.4 Å². The Labute approximate surface area is 196 Å². The van der Waals surface area contributed by atoms with Gasteiger partial charge in [-0.15, -0.1) is 0 Å². The topological polar surface area (TPSA) is 90.0 Å². The molecule has 0 aromatic heterocycles. The first kappa shape index (κ1) is 24.7. The van der Waals surface area contributed by atoms with Gasteiger partial charge < -0.3 is 15.1 Å². The Balaban J connectivity index is 1.76. The molecule has 1 heterocycles. The summed E-state index contributed by atoms with van der Waals surface area (Å²) in [7, 11) is 0.0453. The predicted octanol–water partition coefficient (Wildman–Crippen LogP) is 2.64. The molecule has 2 amide bonds. The number of hydrogen-bond acceptors (Lipinski definition) is 5. The van der Waals surface area contributed by atoms with Crippen molar-refractivity contribution in [1.29, 1.82) is 0 Å². The minimum Gasteiger partial charge on any atom is -0.342 e. The summed E-state index contributed by atoms with van der Waals surface area (Å²) >= 11 is 0. The fraction of sp³-hybridized carbons (Fsp3) is 0.417. The number of rotatable bonds is 10. The van der Waals surface area contributed by atoms with Gasteiger partial charge in [0.05, 0.1) is 17.3 Å². The molecule has 1 aliphatic rings. The molecule has 3 rings (SSSR count). The average molecular weight is 473 g/mol. The Morgan fingerprint density at radius 2 is 1.76 bits per heavy atom. The molecule has 1 aliphatic heterocycles. The predicted molar refractivity (Wildman–Crippen MR) is 130 cm³/mol. The zero-order valence-electron chi connectivity index (χ0n) is 19.4. The Morgan fingerprint density at radius 3 is 2.42 bits per heavy atom. The molecular weight excluding hydrogens is 440 g/mol. The van der Waals surface area contributed by atoms with Crippen molar-refractivity contribution in [3.8, 4) is 0 Å². The Hall–Kier alpha value is -2.91. The summed E-state index contributed by atoms with van der Waals surface area (Å²) in [6.07, 6.45) is 0.967. The molecule has 0 spiro atoms. The Morgan fingerprint density at radius 1 is 1.09 bits per heavy atom. The lowest BCUT2D eigenvalue weighted by Crippen LogP contribution is -2.33. The zero-order valence-corrected chi connectivity index (χ0v) is 20.2. The highest BCUT2D eigenvalue weighted by Crippen LogP contribution is 2.29. The van der Waals surface area contributed by atoms with Gasteiger partial charge in [0.25, 0.3) is 10.0 Å². The SMILES string of the molecule is CCN(c1ccccc1)S(=O)(=O)c1ccccc1NC(=O)C1CC(=O)N(CCCN(C)C)C1. The van der Waals surface area contributed by atoms with Crippen LogP contribution in [0.3, 0.4) is 0 Å². The van der Waals surface area contributed by atoms with Crippen LogP contribution in [0.25, 0.3) is 0 Å². The number of nitrogens with zero attached hydrogens (tertiary/aromatic N) is 3. The normalized spacial score (nSPS) is 16.3. The third kappa shape index (κ3) is 5.91. The first-order valence-electron chi connectivity index (χ1n) is 11.1. The third-order valence-electron chi connectivity index (χ3n) is 5.66. The molecule has 178 valence electrons. The molecule has 8 nitrogen and oxygen atoms in total. The second kappa shape index (κ2) is 10.8. The van der Waals surface area contributed by atoms with Crippen LogP contribution >= 0.6 is 0 Å². The smallest absolute Gasteiger partial charge is 0.266 e. The second-order valence-electron chi connectivity index (χ2n) is 8.39. The fourth-order valence-corrected chi connectivity index (χ4v) is 5.60. The number of benzene rings is 2. The van der Waals surface area contributed by atoms with Gasteiger partial charge in [0.2, 0.25) is 11.8 Å². The van der Waals surface area contributed by atoms with Crippen molar-refractivity contribution < 1.29 is 18.0 Å². The van der Waals surface area contributed by atoms with Crippen LogP contribution in [0.2, 0.25) is 0 Å². The maximum Gasteiger partial charge on any atom is 0.266 e. The summed E-state index contributed by atoms with van der Waals surface area (Å²) in [5.74, 6) is -0.899. The van der Waals surface area contributed by atoms with E-state index in [2.05, 4.69) is 10.2 Å². The molecule has 1 fully saturated rings. The van der Waals surface area contributed by atoms with E-state index in [0.717, 1.165) is 13.0 Å². The summed E-state index contributed by atoms with van der Waals surface area (Å²) in [5, 5.41) is 2.77. The van der Waals surface area contributed by atoms with E-state index in [1.54, 1.807) is 54.3 Å². The first-order chi connectivity index (χ1) is 15.7. The highest BCUT2D eigenvalue weighted by atomic mass is 32.2. The summed E-state index contributed by atoms with van der Waals surface area (Å²) in [6.45, 7) is 3.82. The van der Waals surface area contributed by atoms with E-state index < -0.39 is 15.9 Å². The van der Waals surface area contributed by atoms with Crippen LogP contribution in [0.5, 0.6) is 0 Å². The number of amides is 2. The van der Waals surface area contributed by atoms with Crippen LogP contribution in [-0.2, 0) is 19.6 Å². The van der Waals surface area contributed by atoms with Crippen molar-refractivity contribution in [2.75, 3.05) is 49.9 Å². The minimum absolute atomic E-state index is 0.0243. The highest BCUT2D eigenvalue weighted by Gasteiger charge is 2.35. The van der Waals surface area contributed by atoms with Crippen LogP contribution < -0.4 is 9.62 Å². The van der Waals surface area contributed by atoms with E-state index in [-0.39, 0.29) is 35.4 Å². The maximum absolute atomic E-state index is 13.5. The van der Waals surface area contributed by atoms with Crippen LogP contribution in [0.4, 0.5) is 11.4 Å². The summed E-state index contributed by atoms with van der Waals surface area (Å²) in [6, 6.07) is 15.2. The third-order valence-corrected chi connectivity index (χ3v) is 7.62. The van der Waals surface area contributed by atoms with Crippen molar-refractivity contribution in [3.05, 3.63) is 54.6 Å². The van der Waals surface area contributed by atoms with Crippen molar-refractivity contribution in [2.45, 2.75) is 24.7 Å². The average Bonchev–Trinajstić information content (AvgIpc) is 3.15. The van der Waals surface area contributed by atoms with Crippen molar-refractivity contribution in [1.82, 2.24) is 9.80 Å². The van der Waals surface area contributed by atoms with Gasteiger partial charge in [-0.25, -0.2) is 8.42 Å². The monoisotopic (exact) mass is 472 g/mol. The van der Waals surface area contributed by atoms with E-state index in [9.17, 15) is 18.0 Å². The van der Waals surface area contributed by atoms with Gasteiger partial charge in [0.15, 0.2) is 0 Å². The number of nitrogens with one attached hydrogen (secondary N) is 1. The first-order valence-corrected chi connectivity index (χ1v) is 12.6. The van der Waals surface area contributed by atoms with Crippen molar-refractivity contribution >= 4 is 33.2 Å². The lowest BCUT2D eigenvalue weighted by Gasteiger charge is -2.24. The summed E-state index contributed by atoms with van der Waals surface area (Å²) in [5.41, 5.74) is 0.770. The van der Waals surface area contributed by atoms with E-state index >= 15 is 0 Å². The van der Waals surface area contributed by atoms with Gasteiger partial charge in [-0.3, -0.25) is 13.9 Å². The number of anilines is 2. The molecule has 1 atom stereocenters. The highest BCUT2D eigenvalue weighted by molar-refractivity contribution is 7.93. The summed E-state index contributed by atoms with van der Waals surface area (Å²) < 4.78 is 28.3. The lowest BCUT2D eigenvalue weighted by atomic mass is 10.1. The van der Waals surface area contributed by atoms with Crippen LogP contribution in [0.15, 0.2) is 59.5 Å². The number of sulfonamides is 1. The maximum atomic E-state index is 13.5. The molecule has 0 aliphatic carbocycles. The van der Waals surface area contributed by atoms with Gasteiger partial charge >= 0.3 is 0 Å².